The number of carbonyl (C=O) groups excluding carboxylic acids is 1. The van der Waals surface area contributed by atoms with Crippen LogP contribution in [0, 0.1) is 12.3 Å². The van der Waals surface area contributed by atoms with E-state index < -0.39 is 5.91 Å². The van der Waals surface area contributed by atoms with Gasteiger partial charge in [-0.25, -0.2) is 4.98 Å². The Morgan fingerprint density at radius 3 is 2.37 bits per heavy atom. The molecule has 3 rings (SSSR count). The van der Waals surface area contributed by atoms with Crippen molar-refractivity contribution >= 4 is 17.3 Å². The van der Waals surface area contributed by atoms with E-state index in [0.717, 1.165) is 22.4 Å². The number of nitrogens with one attached hydrogen (secondary N) is 2. The molecule has 0 atom stereocenters. The van der Waals surface area contributed by atoms with Gasteiger partial charge < -0.3 is 21.2 Å². The van der Waals surface area contributed by atoms with Gasteiger partial charge in [-0.15, -0.1) is 0 Å². The number of rotatable bonds is 6. The number of benzene rings is 2. The largest absolute Gasteiger partial charge is 0.456 e. The van der Waals surface area contributed by atoms with Crippen molar-refractivity contribution in [3.8, 4) is 22.6 Å². The first-order valence-corrected chi connectivity index (χ1v) is 9.81. The summed E-state index contributed by atoms with van der Waals surface area (Å²) in [6.07, 6.45) is 1.60. The molecule has 0 aliphatic carbocycles. The molecule has 0 fully saturated rings. The van der Waals surface area contributed by atoms with Crippen LogP contribution in [0.15, 0.2) is 54.7 Å². The highest BCUT2D eigenvalue weighted by Crippen LogP contribution is 2.30. The van der Waals surface area contributed by atoms with Crippen LogP contribution in [0.25, 0.3) is 11.1 Å². The second kappa shape index (κ2) is 10.2. The molecule has 0 spiro atoms. The van der Waals surface area contributed by atoms with Crippen LogP contribution in [0.1, 0.15) is 42.4 Å². The molecule has 156 valence electrons. The predicted molar refractivity (Wildman–Crippen MR) is 123 cm³/mol. The first-order chi connectivity index (χ1) is 14.4. The smallest absolute Gasteiger partial charge is 0.248 e. The van der Waals surface area contributed by atoms with E-state index in [1.807, 2.05) is 63.2 Å². The van der Waals surface area contributed by atoms with Crippen molar-refractivity contribution in [2.45, 2.75) is 27.7 Å². The molecule has 0 aliphatic rings. The summed E-state index contributed by atoms with van der Waals surface area (Å²) in [7, 11) is 1.78. The molecule has 0 saturated carbocycles. The van der Waals surface area contributed by atoms with Crippen molar-refractivity contribution in [1.82, 2.24) is 4.98 Å². The second-order valence-electron chi connectivity index (χ2n) is 6.47. The van der Waals surface area contributed by atoms with Gasteiger partial charge in [0, 0.05) is 18.7 Å². The van der Waals surface area contributed by atoms with E-state index in [0.29, 0.717) is 28.5 Å². The number of anilines is 1. The first kappa shape index (κ1) is 22.6. The molecular formula is C24H28N4O2. The minimum absolute atomic E-state index is 0.382. The maximum absolute atomic E-state index is 11.4. The fourth-order valence-corrected chi connectivity index (χ4v) is 2.99. The number of aryl methyl sites for hydroxylation is 1. The van der Waals surface area contributed by atoms with Crippen molar-refractivity contribution in [2.75, 3.05) is 12.4 Å². The second-order valence-corrected chi connectivity index (χ2v) is 6.47. The summed E-state index contributed by atoms with van der Waals surface area (Å²) in [4.78, 5) is 15.7. The number of pyridine rings is 1. The van der Waals surface area contributed by atoms with E-state index in [4.69, 9.17) is 15.9 Å². The highest BCUT2D eigenvalue weighted by molar-refractivity contribution is 5.99. The lowest BCUT2D eigenvalue weighted by Crippen LogP contribution is -2.12. The third kappa shape index (κ3) is 5.23. The van der Waals surface area contributed by atoms with Crippen molar-refractivity contribution < 1.29 is 9.53 Å². The summed E-state index contributed by atoms with van der Waals surface area (Å²) in [5, 5.41) is 10.8. The Morgan fingerprint density at radius 1 is 1.07 bits per heavy atom. The van der Waals surface area contributed by atoms with Crippen LogP contribution in [0.3, 0.4) is 0 Å². The zero-order valence-corrected chi connectivity index (χ0v) is 18.0. The van der Waals surface area contributed by atoms with Crippen LogP contribution < -0.4 is 15.8 Å². The lowest BCUT2D eigenvalue weighted by molar-refractivity contribution is 0.0999. The molecule has 30 heavy (non-hydrogen) atoms. The zero-order chi connectivity index (χ0) is 22.3. The molecule has 6 nitrogen and oxygen atoms in total. The Labute approximate surface area is 177 Å². The summed E-state index contributed by atoms with van der Waals surface area (Å²) < 4.78 is 5.96. The Hall–Kier alpha value is -3.67. The lowest BCUT2D eigenvalue weighted by atomic mass is 9.99. The molecule has 6 heteroatoms. The fraction of sp³-hybridized carbons (Fsp3) is 0.208. The van der Waals surface area contributed by atoms with Crippen molar-refractivity contribution in [2.24, 2.45) is 5.73 Å². The third-order valence-corrected chi connectivity index (χ3v) is 4.38. The predicted octanol–water partition coefficient (Wildman–Crippen LogP) is 5.40. The van der Waals surface area contributed by atoms with Crippen LogP contribution in [0.4, 0.5) is 5.69 Å². The third-order valence-electron chi connectivity index (χ3n) is 4.38. The topological polar surface area (TPSA) is 101 Å². The van der Waals surface area contributed by atoms with Gasteiger partial charge in [0.25, 0.3) is 0 Å². The van der Waals surface area contributed by atoms with Crippen LogP contribution in [-0.4, -0.2) is 23.7 Å². The van der Waals surface area contributed by atoms with E-state index in [1.54, 1.807) is 26.2 Å². The van der Waals surface area contributed by atoms with E-state index in [9.17, 15) is 4.79 Å². The maximum Gasteiger partial charge on any atom is 0.248 e. The summed E-state index contributed by atoms with van der Waals surface area (Å²) in [5.41, 5.74) is 10.4. The Morgan fingerprint density at radius 2 is 1.77 bits per heavy atom. The number of aromatic nitrogens is 1. The van der Waals surface area contributed by atoms with Crippen LogP contribution in [0.5, 0.6) is 11.5 Å². The Bertz CT molecular complexity index is 1060. The van der Waals surface area contributed by atoms with Crippen molar-refractivity contribution in [1.29, 1.82) is 5.41 Å². The van der Waals surface area contributed by atoms with Crippen LogP contribution in [0.2, 0.25) is 0 Å². The number of hydrogen-bond donors (Lipinski definition) is 3. The Kier molecular flexibility index (Phi) is 7.69. The maximum atomic E-state index is 11.4. The Balaban J connectivity index is 0.00000155. The average molecular weight is 405 g/mol. The standard InChI is InChI=1S/C22H22N4O2.C2H6/c1-13-9-16(7-8-19(13)22(24)27)15-5-4-6-17(10-15)28-18-11-20(25-3)21(14(2)23)26-12-18;1-2/h4-12,23,25H,1-3H3,(H2,24,27);1-2H3. The molecule has 0 saturated heterocycles. The van der Waals surface area contributed by atoms with Gasteiger partial charge in [0.05, 0.1) is 17.6 Å². The van der Waals surface area contributed by atoms with Gasteiger partial charge in [-0.1, -0.05) is 38.1 Å². The molecular weight excluding hydrogens is 376 g/mol. The molecule has 1 heterocycles. The quantitative estimate of drug-likeness (QED) is 0.479. The highest BCUT2D eigenvalue weighted by Gasteiger charge is 2.10. The minimum atomic E-state index is -0.433. The molecule has 0 bridgehead atoms. The van der Waals surface area contributed by atoms with E-state index >= 15 is 0 Å². The van der Waals surface area contributed by atoms with Gasteiger partial charge >= 0.3 is 0 Å². The molecule has 3 aromatic rings. The molecule has 2 aromatic carbocycles. The SMILES string of the molecule is CC.CNc1cc(Oc2cccc(-c3ccc(C(N)=O)c(C)c3)c2)cnc1C(C)=N. The zero-order valence-electron chi connectivity index (χ0n) is 18.0. The molecule has 1 aromatic heterocycles. The molecule has 0 aliphatic heterocycles. The van der Waals surface area contributed by atoms with Gasteiger partial charge in [-0.2, -0.15) is 0 Å². The van der Waals surface area contributed by atoms with Crippen LogP contribution in [-0.2, 0) is 0 Å². The summed E-state index contributed by atoms with van der Waals surface area (Å²) in [6.45, 7) is 7.56. The van der Waals surface area contributed by atoms with Gasteiger partial charge in [-0.05, 0) is 48.7 Å². The molecule has 4 N–H and O–H groups in total. The van der Waals surface area contributed by atoms with E-state index in [2.05, 4.69) is 10.3 Å². The summed E-state index contributed by atoms with van der Waals surface area (Å²) in [6, 6.07) is 15.0. The number of nitrogens with zero attached hydrogens (tertiary/aromatic N) is 1. The monoisotopic (exact) mass is 404 g/mol. The van der Waals surface area contributed by atoms with E-state index in [-0.39, 0.29) is 0 Å². The number of nitrogens with two attached hydrogens (primary N) is 1. The number of hydrogen-bond acceptors (Lipinski definition) is 5. The fourth-order valence-electron chi connectivity index (χ4n) is 2.99. The highest BCUT2D eigenvalue weighted by atomic mass is 16.5. The normalized spacial score (nSPS) is 9.90. The summed E-state index contributed by atoms with van der Waals surface area (Å²) in [5.74, 6) is 0.807. The van der Waals surface area contributed by atoms with Crippen molar-refractivity contribution in [3.05, 3.63) is 71.5 Å². The molecule has 0 unspecified atom stereocenters. The van der Waals surface area contributed by atoms with Gasteiger partial charge in [0.15, 0.2) is 0 Å². The van der Waals surface area contributed by atoms with E-state index in [1.165, 1.54) is 0 Å². The van der Waals surface area contributed by atoms with Gasteiger partial charge in [0.1, 0.15) is 17.2 Å². The first-order valence-electron chi connectivity index (χ1n) is 9.81. The number of carbonyl (C=O) groups is 1. The van der Waals surface area contributed by atoms with Crippen molar-refractivity contribution in [3.63, 3.8) is 0 Å². The average Bonchev–Trinajstić information content (AvgIpc) is 2.74. The van der Waals surface area contributed by atoms with Gasteiger partial charge in [-0.3, -0.25) is 4.79 Å². The van der Waals surface area contributed by atoms with Crippen LogP contribution >= 0.6 is 0 Å². The summed E-state index contributed by atoms with van der Waals surface area (Å²) >= 11 is 0. The lowest BCUT2D eigenvalue weighted by Gasteiger charge is -2.12. The molecule has 1 amide bonds. The minimum Gasteiger partial charge on any atom is -0.456 e. The number of primary amides is 1. The van der Waals surface area contributed by atoms with Gasteiger partial charge in [0.2, 0.25) is 5.91 Å². The number of ether oxygens (including phenoxy) is 1. The molecule has 0 radical (unpaired) electrons. The number of amides is 1.